The summed E-state index contributed by atoms with van der Waals surface area (Å²) in [5.41, 5.74) is 0.372. The van der Waals surface area contributed by atoms with Crippen LogP contribution in [0.1, 0.15) is 12.5 Å². The van der Waals surface area contributed by atoms with Crippen molar-refractivity contribution in [2.24, 2.45) is 0 Å². The molecule has 0 aromatic heterocycles. The van der Waals surface area contributed by atoms with Gasteiger partial charge in [-0.05, 0) is 13.0 Å². The molecule has 4 heteroatoms. The van der Waals surface area contributed by atoms with E-state index >= 15 is 0 Å². The Morgan fingerprint density at radius 3 is 2.71 bits per heavy atom. The van der Waals surface area contributed by atoms with Crippen LogP contribution in [-0.2, 0) is 0 Å². The lowest BCUT2D eigenvalue weighted by Gasteiger charge is -2.00. The summed E-state index contributed by atoms with van der Waals surface area (Å²) in [6.07, 6.45) is 0. The Morgan fingerprint density at radius 1 is 1.50 bits per heavy atom. The molecule has 1 rings (SSSR count). The standard InChI is InChI=1S/C10H9NO3/c1-3-4-8-7-9(14-2)5-6-10(8)11(12)13/h5-7H,1-2H3. The van der Waals surface area contributed by atoms with Crippen molar-refractivity contribution in [1.29, 1.82) is 0 Å². The lowest BCUT2D eigenvalue weighted by molar-refractivity contribution is -0.385. The summed E-state index contributed by atoms with van der Waals surface area (Å²) in [4.78, 5) is 10.1. The first-order valence-electron chi connectivity index (χ1n) is 3.94. The smallest absolute Gasteiger partial charge is 0.285 e. The molecule has 0 heterocycles. The van der Waals surface area contributed by atoms with Crippen molar-refractivity contribution < 1.29 is 9.66 Å². The van der Waals surface area contributed by atoms with E-state index in [1.165, 1.54) is 13.2 Å². The van der Waals surface area contributed by atoms with Gasteiger partial charge in [0.1, 0.15) is 11.3 Å². The molecule has 0 aliphatic heterocycles. The van der Waals surface area contributed by atoms with Gasteiger partial charge in [0.25, 0.3) is 5.69 Å². The molecule has 1 aromatic carbocycles. The fourth-order valence-corrected chi connectivity index (χ4v) is 1.04. The molecule has 0 aliphatic rings. The number of rotatable bonds is 2. The van der Waals surface area contributed by atoms with Gasteiger partial charge in [-0.15, -0.1) is 5.92 Å². The van der Waals surface area contributed by atoms with Gasteiger partial charge in [0.2, 0.25) is 0 Å². The normalized spacial score (nSPS) is 8.71. The predicted octanol–water partition coefficient (Wildman–Crippen LogP) is 1.97. The fourth-order valence-electron chi connectivity index (χ4n) is 1.04. The molecule has 0 aliphatic carbocycles. The summed E-state index contributed by atoms with van der Waals surface area (Å²) >= 11 is 0. The van der Waals surface area contributed by atoms with E-state index in [4.69, 9.17) is 4.74 Å². The number of ether oxygens (including phenoxy) is 1. The van der Waals surface area contributed by atoms with Gasteiger partial charge >= 0.3 is 0 Å². The van der Waals surface area contributed by atoms with Crippen molar-refractivity contribution in [3.05, 3.63) is 33.9 Å². The second kappa shape index (κ2) is 4.28. The Bertz CT molecular complexity index is 415. The van der Waals surface area contributed by atoms with Crippen molar-refractivity contribution in [1.82, 2.24) is 0 Å². The average Bonchev–Trinajstić information content (AvgIpc) is 2.17. The van der Waals surface area contributed by atoms with Gasteiger partial charge in [-0.3, -0.25) is 10.1 Å². The monoisotopic (exact) mass is 191 g/mol. The van der Waals surface area contributed by atoms with Crippen molar-refractivity contribution in [2.45, 2.75) is 6.92 Å². The summed E-state index contributed by atoms with van der Waals surface area (Å²) in [7, 11) is 1.50. The average molecular weight is 191 g/mol. The first kappa shape index (κ1) is 10.1. The number of nitro groups is 1. The van der Waals surface area contributed by atoms with Crippen LogP contribution in [0.3, 0.4) is 0 Å². The third-order valence-corrected chi connectivity index (χ3v) is 1.66. The van der Waals surface area contributed by atoms with Gasteiger partial charge in [-0.25, -0.2) is 0 Å². The largest absolute Gasteiger partial charge is 0.497 e. The molecule has 0 N–H and O–H groups in total. The third kappa shape index (κ3) is 2.02. The molecule has 0 bridgehead atoms. The van der Waals surface area contributed by atoms with E-state index in [2.05, 4.69) is 11.8 Å². The van der Waals surface area contributed by atoms with Crippen LogP contribution in [0.4, 0.5) is 5.69 Å². The summed E-state index contributed by atoms with van der Waals surface area (Å²) in [5, 5.41) is 10.6. The van der Waals surface area contributed by atoms with Crippen molar-refractivity contribution >= 4 is 5.69 Å². The van der Waals surface area contributed by atoms with Crippen LogP contribution < -0.4 is 4.74 Å². The van der Waals surface area contributed by atoms with Crippen LogP contribution in [0, 0.1) is 22.0 Å². The van der Waals surface area contributed by atoms with E-state index in [1.54, 1.807) is 19.1 Å². The highest BCUT2D eigenvalue weighted by molar-refractivity contribution is 5.54. The zero-order valence-corrected chi connectivity index (χ0v) is 7.90. The fraction of sp³-hybridized carbons (Fsp3) is 0.200. The number of nitrogens with zero attached hydrogens (tertiary/aromatic N) is 1. The summed E-state index contributed by atoms with van der Waals surface area (Å²) in [6, 6.07) is 4.48. The molecular weight excluding hydrogens is 182 g/mol. The van der Waals surface area contributed by atoms with Crippen LogP contribution in [0.2, 0.25) is 0 Å². The SMILES string of the molecule is CC#Cc1cc(OC)ccc1[N+](=O)[O-]. The van der Waals surface area contributed by atoms with Gasteiger partial charge in [0.05, 0.1) is 12.0 Å². The molecule has 4 nitrogen and oxygen atoms in total. The van der Waals surface area contributed by atoms with Crippen molar-refractivity contribution in [3.63, 3.8) is 0 Å². The van der Waals surface area contributed by atoms with Crippen LogP contribution in [0.5, 0.6) is 5.75 Å². The topological polar surface area (TPSA) is 52.4 Å². The highest BCUT2D eigenvalue weighted by atomic mass is 16.6. The number of hydrogen-bond acceptors (Lipinski definition) is 3. The molecule has 0 unspecified atom stereocenters. The maximum atomic E-state index is 10.6. The number of benzene rings is 1. The minimum absolute atomic E-state index is 0.000139. The molecule has 0 saturated heterocycles. The lowest BCUT2D eigenvalue weighted by atomic mass is 10.2. The first-order chi connectivity index (χ1) is 6.69. The van der Waals surface area contributed by atoms with Crippen molar-refractivity contribution in [3.8, 4) is 17.6 Å². The third-order valence-electron chi connectivity index (χ3n) is 1.66. The lowest BCUT2D eigenvalue weighted by Crippen LogP contribution is -1.93. The summed E-state index contributed by atoms with van der Waals surface area (Å²) < 4.78 is 4.95. The van der Waals surface area contributed by atoms with E-state index in [0.29, 0.717) is 11.3 Å². The van der Waals surface area contributed by atoms with E-state index in [1.807, 2.05) is 0 Å². The van der Waals surface area contributed by atoms with Crippen LogP contribution in [0.25, 0.3) is 0 Å². The molecular formula is C10H9NO3. The Hall–Kier alpha value is -2.02. The Labute approximate surface area is 81.7 Å². The van der Waals surface area contributed by atoms with Gasteiger partial charge in [0.15, 0.2) is 0 Å². The minimum Gasteiger partial charge on any atom is -0.497 e. The van der Waals surface area contributed by atoms with Gasteiger partial charge in [-0.1, -0.05) is 5.92 Å². The Balaban J connectivity index is 3.28. The number of nitro benzene ring substituents is 1. The second-order valence-electron chi connectivity index (χ2n) is 2.52. The molecule has 0 saturated carbocycles. The molecule has 1 aromatic rings. The quantitative estimate of drug-likeness (QED) is 0.408. The van der Waals surface area contributed by atoms with Crippen LogP contribution >= 0.6 is 0 Å². The van der Waals surface area contributed by atoms with E-state index < -0.39 is 4.92 Å². The molecule has 0 radical (unpaired) electrons. The maximum Gasteiger partial charge on any atom is 0.285 e. The molecule has 0 amide bonds. The van der Waals surface area contributed by atoms with Crippen molar-refractivity contribution in [2.75, 3.05) is 7.11 Å². The number of methoxy groups -OCH3 is 1. The molecule has 0 spiro atoms. The Kier molecular flexibility index (Phi) is 3.08. The van der Waals surface area contributed by atoms with Crippen LogP contribution in [-0.4, -0.2) is 12.0 Å². The predicted molar refractivity (Wildman–Crippen MR) is 52.2 cm³/mol. The van der Waals surface area contributed by atoms with Gasteiger partial charge in [-0.2, -0.15) is 0 Å². The van der Waals surface area contributed by atoms with Gasteiger partial charge in [0, 0.05) is 12.1 Å². The summed E-state index contributed by atoms with van der Waals surface area (Å²) in [6.45, 7) is 1.63. The summed E-state index contributed by atoms with van der Waals surface area (Å²) in [5.74, 6) is 5.84. The molecule has 72 valence electrons. The highest BCUT2D eigenvalue weighted by Gasteiger charge is 2.12. The van der Waals surface area contributed by atoms with E-state index in [0.717, 1.165) is 0 Å². The number of hydrogen-bond donors (Lipinski definition) is 0. The zero-order chi connectivity index (χ0) is 10.6. The Morgan fingerprint density at radius 2 is 2.21 bits per heavy atom. The first-order valence-corrected chi connectivity index (χ1v) is 3.94. The van der Waals surface area contributed by atoms with Crippen LogP contribution in [0.15, 0.2) is 18.2 Å². The minimum atomic E-state index is -0.459. The second-order valence-corrected chi connectivity index (χ2v) is 2.52. The highest BCUT2D eigenvalue weighted by Crippen LogP contribution is 2.22. The molecule has 0 atom stereocenters. The van der Waals surface area contributed by atoms with E-state index in [9.17, 15) is 10.1 Å². The maximum absolute atomic E-state index is 10.6. The zero-order valence-electron chi connectivity index (χ0n) is 7.90. The molecule has 14 heavy (non-hydrogen) atoms. The van der Waals surface area contributed by atoms with E-state index in [-0.39, 0.29) is 5.69 Å². The van der Waals surface area contributed by atoms with Gasteiger partial charge < -0.3 is 4.74 Å². The molecule has 0 fully saturated rings.